The molecule has 0 fully saturated rings. The van der Waals surface area contributed by atoms with Crippen molar-refractivity contribution in [2.75, 3.05) is 4.90 Å². The predicted octanol–water partition coefficient (Wildman–Crippen LogP) is 10.9. The van der Waals surface area contributed by atoms with Crippen LogP contribution in [-0.2, 0) is 0 Å². The van der Waals surface area contributed by atoms with E-state index in [-0.39, 0.29) is 0 Å². The lowest BCUT2D eigenvalue weighted by Gasteiger charge is -2.31. The Morgan fingerprint density at radius 3 is 1.37 bits per heavy atom. The standard InChI is InChI=1S/C36H26BrN/c37-31-24-30(27-14-5-1-6-15-27)25-33(26-31)38(32-20-11-4-12-21-32)36-34(28-16-7-2-8-17-28)22-13-23-35(36)29-18-9-3-10-19-29/h1-26H. The van der Waals surface area contributed by atoms with E-state index < -0.39 is 0 Å². The molecule has 1 nitrogen and oxygen atoms in total. The highest BCUT2D eigenvalue weighted by atomic mass is 79.9. The molecule has 0 aliphatic rings. The van der Waals surface area contributed by atoms with Crippen LogP contribution in [0.15, 0.2) is 162 Å². The van der Waals surface area contributed by atoms with E-state index >= 15 is 0 Å². The molecule has 0 radical (unpaired) electrons. The van der Waals surface area contributed by atoms with Crippen LogP contribution in [0.1, 0.15) is 0 Å². The lowest BCUT2D eigenvalue weighted by atomic mass is 9.94. The van der Waals surface area contributed by atoms with Crippen molar-refractivity contribution in [1.29, 1.82) is 0 Å². The van der Waals surface area contributed by atoms with Crippen LogP contribution in [0.25, 0.3) is 33.4 Å². The summed E-state index contributed by atoms with van der Waals surface area (Å²) in [7, 11) is 0. The molecule has 0 unspecified atom stereocenters. The van der Waals surface area contributed by atoms with Crippen LogP contribution in [0, 0.1) is 0 Å². The van der Waals surface area contributed by atoms with E-state index in [0.29, 0.717) is 0 Å². The van der Waals surface area contributed by atoms with Gasteiger partial charge in [0.05, 0.1) is 5.69 Å². The number of hydrogen-bond acceptors (Lipinski definition) is 1. The average molecular weight is 553 g/mol. The third-order valence-corrected chi connectivity index (χ3v) is 7.15. The monoisotopic (exact) mass is 551 g/mol. The zero-order valence-corrected chi connectivity index (χ0v) is 22.4. The highest BCUT2D eigenvalue weighted by molar-refractivity contribution is 9.10. The Labute approximate surface area is 232 Å². The van der Waals surface area contributed by atoms with Gasteiger partial charge in [-0.25, -0.2) is 0 Å². The van der Waals surface area contributed by atoms with Gasteiger partial charge in [-0.2, -0.15) is 0 Å². The zero-order chi connectivity index (χ0) is 25.7. The highest BCUT2D eigenvalue weighted by Gasteiger charge is 2.22. The molecule has 182 valence electrons. The lowest BCUT2D eigenvalue weighted by molar-refractivity contribution is 1.28. The topological polar surface area (TPSA) is 3.24 Å². The zero-order valence-electron chi connectivity index (χ0n) is 20.8. The SMILES string of the molecule is Brc1cc(-c2ccccc2)cc(N(c2ccccc2)c2c(-c3ccccc3)cccc2-c2ccccc2)c1. The Morgan fingerprint density at radius 2 is 0.842 bits per heavy atom. The van der Waals surface area contributed by atoms with Gasteiger partial charge in [-0.3, -0.25) is 0 Å². The summed E-state index contributed by atoms with van der Waals surface area (Å²) in [4.78, 5) is 2.39. The van der Waals surface area contributed by atoms with Gasteiger partial charge in [0.1, 0.15) is 0 Å². The summed E-state index contributed by atoms with van der Waals surface area (Å²) in [6, 6.07) is 55.8. The molecule has 0 saturated carbocycles. The van der Waals surface area contributed by atoms with Crippen molar-refractivity contribution in [3.8, 4) is 33.4 Å². The molecule has 0 aliphatic carbocycles. The summed E-state index contributed by atoms with van der Waals surface area (Å²) in [6.45, 7) is 0. The normalized spacial score (nSPS) is 10.8. The fraction of sp³-hybridized carbons (Fsp3) is 0. The summed E-state index contributed by atoms with van der Waals surface area (Å²) < 4.78 is 1.04. The lowest BCUT2D eigenvalue weighted by Crippen LogP contribution is -2.13. The summed E-state index contributed by atoms with van der Waals surface area (Å²) in [6.07, 6.45) is 0. The van der Waals surface area contributed by atoms with E-state index in [9.17, 15) is 0 Å². The van der Waals surface area contributed by atoms with Gasteiger partial charge in [0.2, 0.25) is 0 Å². The van der Waals surface area contributed by atoms with Gasteiger partial charge < -0.3 is 4.90 Å². The van der Waals surface area contributed by atoms with Crippen molar-refractivity contribution >= 4 is 33.0 Å². The molecule has 0 aliphatic heterocycles. The van der Waals surface area contributed by atoms with Crippen LogP contribution < -0.4 is 4.90 Å². The van der Waals surface area contributed by atoms with Crippen molar-refractivity contribution in [1.82, 2.24) is 0 Å². The number of halogens is 1. The first-order valence-electron chi connectivity index (χ1n) is 12.7. The number of rotatable bonds is 6. The molecule has 0 amide bonds. The fourth-order valence-electron chi connectivity index (χ4n) is 4.97. The van der Waals surface area contributed by atoms with Gasteiger partial charge in [-0.1, -0.05) is 143 Å². The molecule has 38 heavy (non-hydrogen) atoms. The number of benzene rings is 6. The summed E-state index contributed by atoms with van der Waals surface area (Å²) in [5.74, 6) is 0. The predicted molar refractivity (Wildman–Crippen MR) is 165 cm³/mol. The second-order valence-electron chi connectivity index (χ2n) is 9.17. The molecule has 6 aromatic rings. The molecule has 6 rings (SSSR count). The van der Waals surface area contributed by atoms with Gasteiger partial charge in [0, 0.05) is 27.0 Å². The summed E-state index contributed by atoms with van der Waals surface area (Å²) in [5.41, 5.74) is 10.4. The van der Waals surface area contributed by atoms with Crippen molar-refractivity contribution in [2.24, 2.45) is 0 Å². The molecule has 0 heterocycles. The van der Waals surface area contributed by atoms with Gasteiger partial charge >= 0.3 is 0 Å². The summed E-state index contributed by atoms with van der Waals surface area (Å²) in [5, 5.41) is 0. The fourth-order valence-corrected chi connectivity index (χ4v) is 5.45. The minimum absolute atomic E-state index is 1.04. The maximum atomic E-state index is 3.82. The van der Waals surface area contributed by atoms with Crippen LogP contribution >= 0.6 is 15.9 Å². The third kappa shape index (κ3) is 4.91. The Hall–Kier alpha value is -4.40. The molecule has 0 aromatic heterocycles. The number of para-hydroxylation sites is 2. The molecule has 0 atom stereocenters. The van der Waals surface area contributed by atoms with E-state index in [1.807, 2.05) is 0 Å². The molecule has 0 saturated heterocycles. The van der Waals surface area contributed by atoms with Crippen LogP contribution in [0.3, 0.4) is 0 Å². The molecular weight excluding hydrogens is 526 g/mol. The van der Waals surface area contributed by atoms with Gasteiger partial charge in [0.15, 0.2) is 0 Å². The molecule has 0 N–H and O–H groups in total. The second kappa shape index (κ2) is 10.9. The van der Waals surface area contributed by atoms with Gasteiger partial charge in [-0.15, -0.1) is 0 Å². The van der Waals surface area contributed by atoms with Crippen LogP contribution in [0.2, 0.25) is 0 Å². The highest BCUT2D eigenvalue weighted by Crippen LogP contribution is 2.47. The number of nitrogens with zero attached hydrogens (tertiary/aromatic N) is 1. The van der Waals surface area contributed by atoms with Crippen molar-refractivity contribution in [3.05, 3.63) is 162 Å². The van der Waals surface area contributed by atoms with E-state index in [2.05, 4.69) is 179 Å². The summed E-state index contributed by atoms with van der Waals surface area (Å²) >= 11 is 3.82. The maximum absolute atomic E-state index is 3.82. The Morgan fingerprint density at radius 1 is 0.368 bits per heavy atom. The van der Waals surface area contributed by atoms with E-state index in [0.717, 1.165) is 27.1 Å². The molecule has 0 bridgehead atoms. The molecular formula is C36H26BrN. The minimum Gasteiger partial charge on any atom is -0.309 e. The molecule has 2 heteroatoms. The van der Waals surface area contributed by atoms with E-state index in [4.69, 9.17) is 0 Å². The average Bonchev–Trinajstić information content (AvgIpc) is 2.99. The van der Waals surface area contributed by atoms with Gasteiger partial charge in [-0.05, 0) is 52.6 Å². The van der Waals surface area contributed by atoms with Crippen molar-refractivity contribution in [3.63, 3.8) is 0 Å². The van der Waals surface area contributed by atoms with E-state index in [1.54, 1.807) is 0 Å². The van der Waals surface area contributed by atoms with Crippen molar-refractivity contribution < 1.29 is 0 Å². The Balaban J connectivity index is 1.67. The van der Waals surface area contributed by atoms with Crippen LogP contribution in [-0.4, -0.2) is 0 Å². The Bertz CT molecular complexity index is 1590. The molecule has 0 spiro atoms. The molecule has 6 aromatic carbocycles. The van der Waals surface area contributed by atoms with Crippen LogP contribution in [0.5, 0.6) is 0 Å². The van der Waals surface area contributed by atoms with Gasteiger partial charge in [0.25, 0.3) is 0 Å². The second-order valence-corrected chi connectivity index (χ2v) is 10.1. The maximum Gasteiger partial charge on any atom is 0.0618 e. The third-order valence-electron chi connectivity index (χ3n) is 6.69. The largest absolute Gasteiger partial charge is 0.309 e. The Kier molecular flexibility index (Phi) is 6.89. The van der Waals surface area contributed by atoms with E-state index in [1.165, 1.54) is 27.8 Å². The quantitative estimate of drug-likeness (QED) is 0.199. The minimum atomic E-state index is 1.04. The number of anilines is 3. The number of hydrogen-bond donors (Lipinski definition) is 0. The first kappa shape index (κ1) is 24.0. The van der Waals surface area contributed by atoms with Crippen LogP contribution in [0.4, 0.5) is 17.1 Å². The smallest absolute Gasteiger partial charge is 0.0618 e. The van der Waals surface area contributed by atoms with Crippen molar-refractivity contribution in [2.45, 2.75) is 0 Å². The first-order valence-corrected chi connectivity index (χ1v) is 13.5. The first-order chi connectivity index (χ1) is 18.8.